The van der Waals surface area contributed by atoms with Crippen LogP contribution in [0.4, 0.5) is 11.4 Å². The number of rotatable bonds is 4. The number of amides is 1. The fourth-order valence-electron chi connectivity index (χ4n) is 2.12. The van der Waals surface area contributed by atoms with E-state index in [-0.39, 0.29) is 28.2 Å². The van der Waals surface area contributed by atoms with E-state index in [9.17, 15) is 19.7 Å². The Morgan fingerprint density at radius 2 is 2.09 bits per heavy atom. The van der Waals surface area contributed by atoms with E-state index in [2.05, 4.69) is 15.2 Å². The smallest absolute Gasteiger partial charge is 0.358 e. The minimum atomic E-state index is -0.656. The maximum atomic E-state index is 12.4. The summed E-state index contributed by atoms with van der Waals surface area (Å²) in [6.45, 7) is 1.48. The number of esters is 1. The summed E-state index contributed by atoms with van der Waals surface area (Å²) in [5.74, 6) is -1.24. The van der Waals surface area contributed by atoms with E-state index in [1.165, 1.54) is 50.2 Å². The number of nitro benzene ring substituents is 1. The molecule has 0 unspecified atom stereocenters. The van der Waals surface area contributed by atoms with Gasteiger partial charge in [-0.05, 0) is 13.0 Å². The average molecular weight is 318 g/mol. The second-order valence-corrected chi connectivity index (χ2v) is 4.68. The van der Waals surface area contributed by atoms with Gasteiger partial charge in [-0.3, -0.25) is 19.6 Å². The third-order valence-electron chi connectivity index (χ3n) is 3.31. The van der Waals surface area contributed by atoms with E-state index in [0.29, 0.717) is 0 Å². The Labute approximate surface area is 131 Å². The van der Waals surface area contributed by atoms with Crippen LogP contribution in [0.1, 0.15) is 26.4 Å². The van der Waals surface area contributed by atoms with Gasteiger partial charge in [-0.1, -0.05) is 6.07 Å². The number of nitrogens with one attached hydrogen (secondary N) is 1. The number of benzene rings is 1. The van der Waals surface area contributed by atoms with Gasteiger partial charge in [0, 0.05) is 24.2 Å². The molecule has 0 fully saturated rings. The van der Waals surface area contributed by atoms with Crippen LogP contribution in [-0.2, 0) is 11.8 Å². The lowest BCUT2D eigenvalue weighted by Gasteiger charge is -2.08. The van der Waals surface area contributed by atoms with Crippen molar-refractivity contribution in [2.24, 2.45) is 7.05 Å². The van der Waals surface area contributed by atoms with E-state index < -0.39 is 16.8 Å². The first-order valence-corrected chi connectivity index (χ1v) is 6.52. The third-order valence-corrected chi connectivity index (χ3v) is 3.31. The molecule has 1 heterocycles. The molecule has 0 saturated heterocycles. The van der Waals surface area contributed by atoms with E-state index in [4.69, 9.17) is 0 Å². The molecular weight excluding hydrogens is 304 g/mol. The predicted molar refractivity (Wildman–Crippen MR) is 80.3 cm³/mol. The fourth-order valence-corrected chi connectivity index (χ4v) is 2.12. The zero-order chi connectivity index (χ0) is 17.1. The molecule has 9 nitrogen and oxygen atoms in total. The highest BCUT2D eigenvalue weighted by Gasteiger charge is 2.22. The molecule has 0 aliphatic rings. The lowest BCUT2D eigenvalue weighted by Crippen LogP contribution is -2.17. The van der Waals surface area contributed by atoms with Crippen molar-refractivity contribution in [1.29, 1.82) is 0 Å². The Hall–Kier alpha value is -3.23. The number of aromatic nitrogens is 2. The van der Waals surface area contributed by atoms with Gasteiger partial charge in [0.1, 0.15) is 0 Å². The first-order chi connectivity index (χ1) is 10.9. The molecule has 120 valence electrons. The highest BCUT2D eigenvalue weighted by molar-refractivity contribution is 6.08. The molecule has 0 bridgehead atoms. The summed E-state index contributed by atoms with van der Waals surface area (Å²) in [5.41, 5.74) is 0.452. The van der Waals surface area contributed by atoms with Gasteiger partial charge in [0.2, 0.25) is 0 Å². The second-order valence-electron chi connectivity index (χ2n) is 4.68. The van der Waals surface area contributed by atoms with Crippen LogP contribution in [-0.4, -0.2) is 33.7 Å². The standard InChI is InChI=1S/C14H14N4O5/c1-8-9(5-4-6-11(8)18(21)22)13(19)16-10-7-15-17(2)12(10)14(20)23-3/h4-7H,1-3H3,(H,16,19). The van der Waals surface area contributed by atoms with Crippen molar-refractivity contribution < 1.29 is 19.2 Å². The second kappa shape index (κ2) is 6.26. The number of methoxy groups -OCH3 is 1. The maximum absolute atomic E-state index is 12.4. The summed E-state index contributed by atoms with van der Waals surface area (Å²) in [6.07, 6.45) is 1.30. The molecule has 0 saturated carbocycles. The van der Waals surface area contributed by atoms with Gasteiger partial charge >= 0.3 is 5.97 Å². The first kappa shape index (κ1) is 16.1. The number of hydrogen-bond acceptors (Lipinski definition) is 6. The summed E-state index contributed by atoms with van der Waals surface area (Å²) in [7, 11) is 2.74. The number of carbonyl (C=O) groups is 2. The molecule has 23 heavy (non-hydrogen) atoms. The lowest BCUT2D eigenvalue weighted by atomic mass is 10.1. The van der Waals surface area contributed by atoms with Crippen molar-refractivity contribution in [1.82, 2.24) is 9.78 Å². The van der Waals surface area contributed by atoms with Gasteiger partial charge in [0.05, 0.1) is 23.9 Å². The molecule has 1 N–H and O–H groups in total. The Kier molecular flexibility index (Phi) is 4.39. The molecule has 0 radical (unpaired) electrons. The molecule has 1 amide bonds. The monoisotopic (exact) mass is 318 g/mol. The summed E-state index contributed by atoms with van der Waals surface area (Å²) < 4.78 is 5.90. The quantitative estimate of drug-likeness (QED) is 0.521. The van der Waals surface area contributed by atoms with Crippen LogP contribution in [0.2, 0.25) is 0 Å². The zero-order valence-corrected chi connectivity index (χ0v) is 12.7. The number of hydrogen-bond donors (Lipinski definition) is 1. The largest absolute Gasteiger partial charge is 0.464 e. The lowest BCUT2D eigenvalue weighted by molar-refractivity contribution is -0.385. The summed E-state index contributed by atoms with van der Waals surface area (Å²) >= 11 is 0. The van der Waals surface area contributed by atoms with Gasteiger partial charge in [-0.25, -0.2) is 4.79 Å². The summed E-state index contributed by atoms with van der Waals surface area (Å²) in [4.78, 5) is 34.5. The Morgan fingerprint density at radius 3 is 2.70 bits per heavy atom. The van der Waals surface area contributed by atoms with Crippen molar-refractivity contribution >= 4 is 23.3 Å². The number of carbonyl (C=O) groups excluding carboxylic acids is 2. The summed E-state index contributed by atoms with van der Waals surface area (Å²) in [5, 5.41) is 17.4. The molecule has 1 aromatic heterocycles. The van der Waals surface area contributed by atoms with Crippen LogP contribution in [0.15, 0.2) is 24.4 Å². The minimum absolute atomic E-state index is 0.0731. The average Bonchev–Trinajstić information content (AvgIpc) is 2.87. The predicted octanol–water partition coefficient (Wildman–Crippen LogP) is 1.68. The highest BCUT2D eigenvalue weighted by atomic mass is 16.6. The van der Waals surface area contributed by atoms with E-state index in [1.807, 2.05) is 0 Å². The molecule has 0 aliphatic carbocycles. The molecule has 1 aromatic carbocycles. The Balaban J connectivity index is 2.36. The van der Waals surface area contributed by atoms with Gasteiger partial charge in [0.25, 0.3) is 11.6 Å². The molecule has 2 aromatic rings. The molecule has 2 rings (SSSR count). The van der Waals surface area contributed by atoms with Crippen LogP contribution < -0.4 is 5.32 Å². The minimum Gasteiger partial charge on any atom is -0.464 e. The van der Waals surface area contributed by atoms with Crippen molar-refractivity contribution in [2.75, 3.05) is 12.4 Å². The topological polar surface area (TPSA) is 116 Å². The first-order valence-electron chi connectivity index (χ1n) is 6.52. The number of ether oxygens (including phenoxy) is 1. The van der Waals surface area contributed by atoms with Crippen molar-refractivity contribution in [2.45, 2.75) is 6.92 Å². The number of nitrogens with zero attached hydrogens (tertiary/aromatic N) is 3. The highest BCUT2D eigenvalue weighted by Crippen LogP contribution is 2.23. The Morgan fingerprint density at radius 1 is 1.39 bits per heavy atom. The fraction of sp³-hybridized carbons (Fsp3) is 0.214. The molecule has 0 spiro atoms. The number of aryl methyl sites for hydroxylation is 1. The van der Waals surface area contributed by atoms with Crippen molar-refractivity contribution in [3.05, 3.63) is 51.3 Å². The Bertz CT molecular complexity index is 796. The van der Waals surface area contributed by atoms with Gasteiger partial charge < -0.3 is 10.1 Å². The van der Waals surface area contributed by atoms with E-state index in [0.717, 1.165) is 0 Å². The van der Waals surface area contributed by atoms with Crippen molar-refractivity contribution in [3.8, 4) is 0 Å². The van der Waals surface area contributed by atoms with Crippen LogP contribution >= 0.6 is 0 Å². The van der Waals surface area contributed by atoms with Crippen LogP contribution in [0.3, 0.4) is 0 Å². The molecule has 0 aliphatic heterocycles. The maximum Gasteiger partial charge on any atom is 0.358 e. The van der Waals surface area contributed by atoms with Gasteiger partial charge in [-0.2, -0.15) is 5.10 Å². The molecule has 9 heteroatoms. The van der Waals surface area contributed by atoms with E-state index in [1.54, 1.807) is 0 Å². The molecule has 0 atom stereocenters. The van der Waals surface area contributed by atoms with Crippen LogP contribution in [0.25, 0.3) is 0 Å². The third kappa shape index (κ3) is 3.03. The summed E-state index contributed by atoms with van der Waals surface area (Å²) in [6, 6.07) is 4.20. The van der Waals surface area contributed by atoms with E-state index >= 15 is 0 Å². The number of anilines is 1. The van der Waals surface area contributed by atoms with Crippen molar-refractivity contribution in [3.63, 3.8) is 0 Å². The van der Waals surface area contributed by atoms with Gasteiger partial charge in [-0.15, -0.1) is 0 Å². The van der Waals surface area contributed by atoms with Crippen LogP contribution in [0, 0.1) is 17.0 Å². The van der Waals surface area contributed by atoms with Gasteiger partial charge in [0.15, 0.2) is 5.69 Å². The molecular formula is C14H14N4O5. The zero-order valence-electron chi connectivity index (χ0n) is 12.7. The van der Waals surface area contributed by atoms with Crippen LogP contribution in [0.5, 0.6) is 0 Å². The normalized spacial score (nSPS) is 10.2. The SMILES string of the molecule is COC(=O)c1c(NC(=O)c2cccc([N+](=O)[O-])c2C)cnn1C. The number of nitro groups is 1.